The molecule has 2 heterocycles. The molecule has 0 unspecified atom stereocenters. The minimum absolute atomic E-state index is 0.0518. The first kappa shape index (κ1) is 27.9. The van der Waals surface area contributed by atoms with E-state index in [1.165, 1.54) is 18.5 Å². The molecule has 1 aliphatic heterocycles. The molecule has 41 heavy (non-hydrogen) atoms. The van der Waals surface area contributed by atoms with Crippen LogP contribution in [0.25, 0.3) is 11.1 Å². The molecule has 0 aliphatic carbocycles. The van der Waals surface area contributed by atoms with Gasteiger partial charge >= 0.3 is 10.1 Å². The highest BCUT2D eigenvalue weighted by atomic mass is 32.2. The number of nitrogens with zero attached hydrogens (tertiary/aromatic N) is 4. The molecule has 0 spiro atoms. The summed E-state index contributed by atoms with van der Waals surface area (Å²) in [5.74, 6) is 1.49. The van der Waals surface area contributed by atoms with Gasteiger partial charge in [-0.25, -0.2) is 9.97 Å². The number of benzene rings is 3. The van der Waals surface area contributed by atoms with E-state index in [1.807, 2.05) is 29.2 Å². The van der Waals surface area contributed by atoms with Gasteiger partial charge in [0, 0.05) is 49.8 Å². The quantitative estimate of drug-likeness (QED) is 0.276. The molecule has 4 aromatic rings. The van der Waals surface area contributed by atoms with Crippen molar-refractivity contribution in [3.8, 4) is 28.4 Å². The summed E-state index contributed by atoms with van der Waals surface area (Å²) in [6.45, 7) is 2.50. The molecule has 10 nitrogen and oxygen atoms in total. The minimum atomic E-state index is -4.01. The highest BCUT2D eigenvalue weighted by molar-refractivity contribution is 7.87. The number of rotatable bonds is 9. The van der Waals surface area contributed by atoms with Crippen LogP contribution in [0.2, 0.25) is 0 Å². The zero-order valence-corrected chi connectivity index (χ0v) is 23.6. The molecular formula is C30H30N4O6S. The van der Waals surface area contributed by atoms with Gasteiger partial charge in [0.25, 0.3) is 0 Å². The largest absolute Gasteiger partial charge is 0.493 e. The predicted molar refractivity (Wildman–Crippen MR) is 154 cm³/mol. The second-order valence-corrected chi connectivity index (χ2v) is 11.0. The summed E-state index contributed by atoms with van der Waals surface area (Å²) in [7, 11) is -0.857. The van der Waals surface area contributed by atoms with Crippen molar-refractivity contribution in [1.29, 1.82) is 0 Å². The Morgan fingerprint density at radius 1 is 0.805 bits per heavy atom. The first-order valence-corrected chi connectivity index (χ1v) is 14.4. The van der Waals surface area contributed by atoms with Gasteiger partial charge in [-0.2, -0.15) is 8.42 Å². The van der Waals surface area contributed by atoms with Crippen LogP contribution >= 0.6 is 0 Å². The molecule has 0 radical (unpaired) electrons. The number of ether oxygens (including phenoxy) is 2. The van der Waals surface area contributed by atoms with Crippen molar-refractivity contribution in [2.75, 3.05) is 45.3 Å². The van der Waals surface area contributed by atoms with Gasteiger partial charge < -0.3 is 23.5 Å². The zero-order chi connectivity index (χ0) is 28.8. The van der Waals surface area contributed by atoms with E-state index >= 15 is 0 Å². The van der Waals surface area contributed by atoms with E-state index in [1.54, 1.807) is 56.9 Å². The summed E-state index contributed by atoms with van der Waals surface area (Å²) in [6, 6.07) is 18.8. The molecule has 1 aliphatic rings. The lowest BCUT2D eigenvalue weighted by molar-refractivity contribution is -0.130. The molecule has 3 aromatic carbocycles. The van der Waals surface area contributed by atoms with Crippen molar-refractivity contribution in [2.45, 2.75) is 11.3 Å². The Balaban J connectivity index is 1.15. The molecule has 0 atom stereocenters. The predicted octanol–water partition coefficient (Wildman–Crippen LogP) is 3.82. The van der Waals surface area contributed by atoms with Gasteiger partial charge in [-0.1, -0.05) is 18.2 Å². The van der Waals surface area contributed by atoms with Crippen LogP contribution in [0.5, 0.6) is 17.2 Å². The van der Waals surface area contributed by atoms with Crippen LogP contribution in [-0.2, 0) is 21.3 Å². The fourth-order valence-corrected chi connectivity index (χ4v) is 5.57. The summed E-state index contributed by atoms with van der Waals surface area (Å²) in [5, 5.41) is 0. The number of amides is 1. The van der Waals surface area contributed by atoms with E-state index in [0.29, 0.717) is 37.7 Å². The van der Waals surface area contributed by atoms with Crippen molar-refractivity contribution < 1.29 is 26.9 Å². The summed E-state index contributed by atoms with van der Waals surface area (Å²) in [5.41, 5.74) is 3.38. The van der Waals surface area contributed by atoms with E-state index in [-0.39, 0.29) is 23.0 Å². The molecule has 212 valence electrons. The summed E-state index contributed by atoms with van der Waals surface area (Å²) in [6.07, 6.45) is 5.04. The van der Waals surface area contributed by atoms with Gasteiger partial charge in [-0.15, -0.1) is 0 Å². The lowest BCUT2D eigenvalue weighted by atomic mass is 10.1. The van der Waals surface area contributed by atoms with Crippen LogP contribution in [0, 0.1) is 0 Å². The van der Waals surface area contributed by atoms with Crippen LogP contribution in [0.15, 0.2) is 90.3 Å². The van der Waals surface area contributed by atoms with Crippen LogP contribution in [-0.4, -0.2) is 69.6 Å². The Hall–Kier alpha value is -4.64. The first-order valence-electron chi connectivity index (χ1n) is 13.0. The number of anilines is 1. The standard InChI is InChI=1S/C30H30N4O6S/c1-38-28-12-3-22(17-29(28)39-2)18-30(35)34-15-13-33(14-16-34)25-6-8-26(9-7-25)40-41(36,37)27-10-4-23(5-11-27)24-19-31-21-32-20-24/h3-12,17,19-21H,13-16,18H2,1-2H3. The maximum atomic E-state index is 12.9. The number of hydrogen-bond acceptors (Lipinski definition) is 9. The number of methoxy groups -OCH3 is 2. The average Bonchev–Trinajstić information content (AvgIpc) is 3.01. The summed E-state index contributed by atoms with van der Waals surface area (Å²) < 4.78 is 41.6. The number of piperazine rings is 1. The first-order chi connectivity index (χ1) is 19.9. The second kappa shape index (κ2) is 12.3. The normalized spacial score (nSPS) is 13.5. The van der Waals surface area contributed by atoms with E-state index in [0.717, 1.165) is 22.4 Å². The molecule has 1 amide bonds. The monoisotopic (exact) mass is 574 g/mol. The summed E-state index contributed by atoms with van der Waals surface area (Å²) >= 11 is 0. The van der Waals surface area contributed by atoms with Crippen molar-refractivity contribution in [3.63, 3.8) is 0 Å². The fourth-order valence-electron chi connectivity index (χ4n) is 4.64. The van der Waals surface area contributed by atoms with Crippen molar-refractivity contribution >= 4 is 21.7 Å². The maximum Gasteiger partial charge on any atom is 0.339 e. The SMILES string of the molecule is COc1ccc(CC(=O)N2CCN(c3ccc(OS(=O)(=O)c4ccc(-c5cncnc5)cc4)cc3)CC2)cc1OC. The van der Waals surface area contributed by atoms with Gasteiger partial charge in [-0.05, 0) is 59.7 Å². The molecule has 0 N–H and O–H groups in total. The van der Waals surface area contributed by atoms with Gasteiger partial charge in [-0.3, -0.25) is 4.79 Å². The Kier molecular flexibility index (Phi) is 8.34. The zero-order valence-electron chi connectivity index (χ0n) is 22.8. The molecule has 11 heteroatoms. The van der Waals surface area contributed by atoms with Gasteiger partial charge in [0.2, 0.25) is 5.91 Å². The van der Waals surface area contributed by atoms with E-state index in [4.69, 9.17) is 13.7 Å². The van der Waals surface area contributed by atoms with Crippen molar-refractivity contribution in [3.05, 3.63) is 91.0 Å². The fraction of sp³-hybridized carbons (Fsp3) is 0.233. The molecule has 1 aromatic heterocycles. The van der Waals surface area contributed by atoms with Crippen LogP contribution in [0.1, 0.15) is 5.56 Å². The number of carbonyl (C=O) groups is 1. The number of carbonyl (C=O) groups excluding carboxylic acids is 1. The molecule has 5 rings (SSSR count). The van der Waals surface area contributed by atoms with Gasteiger partial charge in [0.15, 0.2) is 11.5 Å². The highest BCUT2D eigenvalue weighted by Gasteiger charge is 2.22. The lowest BCUT2D eigenvalue weighted by Crippen LogP contribution is -2.49. The Morgan fingerprint density at radius 2 is 1.46 bits per heavy atom. The molecule has 0 bridgehead atoms. The minimum Gasteiger partial charge on any atom is -0.493 e. The van der Waals surface area contributed by atoms with Crippen LogP contribution in [0.3, 0.4) is 0 Å². The number of hydrogen-bond donors (Lipinski definition) is 0. The lowest BCUT2D eigenvalue weighted by Gasteiger charge is -2.36. The topological polar surface area (TPSA) is 111 Å². The molecule has 0 saturated carbocycles. The van der Waals surface area contributed by atoms with E-state index in [2.05, 4.69) is 14.9 Å². The Labute approximate surface area is 239 Å². The smallest absolute Gasteiger partial charge is 0.339 e. The van der Waals surface area contributed by atoms with Crippen molar-refractivity contribution in [1.82, 2.24) is 14.9 Å². The average molecular weight is 575 g/mol. The van der Waals surface area contributed by atoms with Crippen molar-refractivity contribution in [2.24, 2.45) is 0 Å². The molecular weight excluding hydrogens is 544 g/mol. The highest BCUT2D eigenvalue weighted by Crippen LogP contribution is 2.28. The molecule has 1 fully saturated rings. The summed E-state index contributed by atoms with van der Waals surface area (Å²) in [4.78, 5) is 24.9. The van der Waals surface area contributed by atoms with Gasteiger partial charge in [0.1, 0.15) is 17.0 Å². The maximum absolute atomic E-state index is 12.9. The van der Waals surface area contributed by atoms with E-state index < -0.39 is 10.1 Å². The third-order valence-electron chi connectivity index (χ3n) is 6.88. The third-order valence-corrected chi connectivity index (χ3v) is 8.14. The third kappa shape index (κ3) is 6.58. The second-order valence-electron chi connectivity index (χ2n) is 9.42. The number of aromatic nitrogens is 2. The Bertz CT molecular complexity index is 1590. The van der Waals surface area contributed by atoms with E-state index in [9.17, 15) is 13.2 Å². The van der Waals surface area contributed by atoms with Crippen LogP contribution in [0.4, 0.5) is 5.69 Å². The van der Waals surface area contributed by atoms with Gasteiger partial charge in [0.05, 0.1) is 20.6 Å². The Morgan fingerprint density at radius 3 is 2.10 bits per heavy atom. The van der Waals surface area contributed by atoms with Crippen LogP contribution < -0.4 is 18.6 Å². The molecule has 1 saturated heterocycles.